The third-order valence-corrected chi connectivity index (χ3v) is 5.58. The number of nitrogens with zero attached hydrogens (tertiary/aromatic N) is 1. The molecule has 3 nitrogen and oxygen atoms in total. The number of methoxy groups -OCH3 is 1. The minimum absolute atomic E-state index is 0.0456. The summed E-state index contributed by atoms with van der Waals surface area (Å²) in [5, 5.41) is -0.816. The summed E-state index contributed by atoms with van der Waals surface area (Å²) in [5.74, 6) is -7.74. The van der Waals surface area contributed by atoms with E-state index in [1.807, 2.05) is 0 Å². The van der Waals surface area contributed by atoms with Gasteiger partial charge in [0.1, 0.15) is 11.7 Å². The Morgan fingerprint density at radius 1 is 1.33 bits per heavy atom. The number of piperidine rings is 1. The lowest BCUT2D eigenvalue weighted by Gasteiger charge is -2.32. The van der Waals surface area contributed by atoms with Gasteiger partial charge in [-0.05, 0) is 43.5 Å². The Morgan fingerprint density at radius 2 is 1.96 bits per heavy atom. The molecule has 1 aromatic carbocycles. The Bertz CT molecular complexity index is 651. The van der Waals surface area contributed by atoms with E-state index in [0.29, 0.717) is 31.5 Å². The first-order valence-corrected chi connectivity index (χ1v) is 9.63. The zero-order valence-corrected chi connectivity index (χ0v) is 16.3. The zero-order chi connectivity index (χ0) is 20.2. The third-order valence-electron chi connectivity index (χ3n) is 4.83. The molecular weight excluding hydrogens is 437 g/mol. The second-order valence-electron chi connectivity index (χ2n) is 6.60. The molecule has 0 saturated carbocycles. The molecule has 1 fully saturated rings. The van der Waals surface area contributed by atoms with Gasteiger partial charge in [-0.2, -0.15) is 0 Å². The van der Waals surface area contributed by atoms with Crippen LogP contribution in [-0.2, 0) is 9.53 Å². The molecule has 1 aliphatic heterocycles. The SMILES string of the molecule is COC(=O)C(c1ccc(C2CCN(CC(F)F)CC2)cc1F)C(F)(F)CBr. The molecule has 1 heterocycles. The maximum atomic E-state index is 14.6. The van der Waals surface area contributed by atoms with Crippen molar-refractivity contribution in [3.63, 3.8) is 0 Å². The Balaban J connectivity index is 2.18. The van der Waals surface area contributed by atoms with Crippen LogP contribution in [0.4, 0.5) is 22.0 Å². The molecule has 0 aliphatic carbocycles. The fourth-order valence-corrected chi connectivity index (χ4v) is 3.72. The van der Waals surface area contributed by atoms with Crippen LogP contribution in [0, 0.1) is 5.82 Å². The first kappa shape index (κ1) is 22.1. The first-order valence-electron chi connectivity index (χ1n) is 8.51. The lowest BCUT2D eigenvalue weighted by Crippen LogP contribution is -2.36. The normalized spacial score (nSPS) is 17.9. The van der Waals surface area contributed by atoms with Crippen LogP contribution in [0.1, 0.15) is 35.8 Å². The van der Waals surface area contributed by atoms with Crippen LogP contribution in [0.2, 0.25) is 0 Å². The summed E-state index contributed by atoms with van der Waals surface area (Å²) in [4.78, 5) is 13.5. The van der Waals surface area contributed by atoms with Gasteiger partial charge in [0.2, 0.25) is 0 Å². The lowest BCUT2D eigenvalue weighted by atomic mass is 9.86. The van der Waals surface area contributed by atoms with Gasteiger partial charge in [0.15, 0.2) is 0 Å². The van der Waals surface area contributed by atoms with Gasteiger partial charge in [-0.1, -0.05) is 28.1 Å². The average molecular weight is 458 g/mol. The molecule has 0 spiro atoms. The number of hydrogen-bond donors (Lipinski definition) is 0. The fourth-order valence-electron chi connectivity index (χ4n) is 3.40. The minimum atomic E-state index is -3.52. The molecule has 1 aliphatic rings. The van der Waals surface area contributed by atoms with E-state index < -0.39 is 40.9 Å². The molecule has 1 saturated heterocycles. The monoisotopic (exact) mass is 457 g/mol. The number of hydrogen-bond acceptors (Lipinski definition) is 3. The molecule has 0 aromatic heterocycles. The highest BCUT2D eigenvalue weighted by Gasteiger charge is 2.46. The van der Waals surface area contributed by atoms with Gasteiger partial charge < -0.3 is 4.74 Å². The van der Waals surface area contributed by atoms with Crippen molar-refractivity contribution >= 4 is 21.9 Å². The van der Waals surface area contributed by atoms with Crippen molar-refractivity contribution in [1.82, 2.24) is 4.90 Å². The van der Waals surface area contributed by atoms with E-state index in [1.54, 1.807) is 4.90 Å². The van der Waals surface area contributed by atoms with Crippen LogP contribution < -0.4 is 0 Å². The van der Waals surface area contributed by atoms with Crippen molar-refractivity contribution in [2.45, 2.75) is 37.0 Å². The molecule has 1 unspecified atom stereocenters. The second-order valence-corrected chi connectivity index (χ2v) is 7.16. The molecule has 1 aromatic rings. The lowest BCUT2D eigenvalue weighted by molar-refractivity contribution is -0.151. The topological polar surface area (TPSA) is 29.5 Å². The van der Waals surface area contributed by atoms with Gasteiger partial charge in [-0.25, -0.2) is 22.0 Å². The average Bonchev–Trinajstić information content (AvgIpc) is 2.63. The third kappa shape index (κ3) is 5.40. The molecule has 0 N–H and O–H groups in total. The van der Waals surface area contributed by atoms with Crippen LogP contribution in [0.3, 0.4) is 0 Å². The van der Waals surface area contributed by atoms with Gasteiger partial charge in [0, 0.05) is 5.56 Å². The Morgan fingerprint density at radius 3 is 2.44 bits per heavy atom. The summed E-state index contributed by atoms with van der Waals surface area (Å²) < 4.78 is 72.2. The molecule has 9 heteroatoms. The fraction of sp³-hybridized carbons (Fsp3) is 0.611. The number of esters is 1. The highest BCUT2D eigenvalue weighted by atomic mass is 79.9. The van der Waals surface area contributed by atoms with Gasteiger partial charge >= 0.3 is 5.97 Å². The van der Waals surface area contributed by atoms with Crippen molar-refractivity contribution in [3.05, 3.63) is 35.1 Å². The van der Waals surface area contributed by atoms with Gasteiger partial charge in [-0.15, -0.1) is 0 Å². The number of benzene rings is 1. The number of likely N-dealkylation sites (tertiary alicyclic amines) is 1. The van der Waals surface area contributed by atoms with Gasteiger partial charge in [-0.3, -0.25) is 9.69 Å². The molecule has 1 atom stereocenters. The predicted octanol–water partition coefficient (Wildman–Crippen LogP) is 4.56. The van der Waals surface area contributed by atoms with Crippen LogP contribution in [0.5, 0.6) is 0 Å². The van der Waals surface area contributed by atoms with Crippen molar-refractivity contribution in [2.24, 2.45) is 0 Å². The summed E-state index contributed by atoms with van der Waals surface area (Å²) in [5.41, 5.74) is 0.184. The number of ether oxygens (including phenoxy) is 1. The van der Waals surface area contributed by atoms with Crippen LogP contribution >= 0.6 is 15.9 Å². The van der Waals surface area contributed by atoms with E-state index >= 15 is 0 Å². The quantitative estimate of drug-likeness (QED) is 0.341. The first-order chi connectivity index (χ1) is 12.7. The Labute approximate surface area is 163 Å². The van der Waals surface area contributed by atoms with Crippen molar-refractivity contribution < 1.29 is 31.5 Å². The van der Waals surface area contributed by atoms with E-state index in [4.69, 9.17) is 0 Å². The summed E-state index contributed by atoms with van der Waals surface area (Å²) in [6.07, 6.45) is -1.25. The second kappa shape index (κ2) is 9.32. The molecule has 27 heavy (non-hydrogen) atoms. The summed E-state index contributed by atoms with van der Waals surface area (Å²) in [6, 6.07) is 3.86. The van der Waals surface area contributed by atoms with E-state index in [0.717, 1.165) is 13.2 Å². The number of carbonyl (C=O) groups excluding carboxylic acids is 1. The van der Waals surface area contributed by atoms with Crippen molar-refractivity contribution in [2.75, 3.05) is 32.1 Å². The molecule has 0 radical (unpaired) electrons. The van der Waals surface area contributed by atoms with Crippen molar-refractivity contribution in [3.8, 4) is 0 Å². The van der Waals surface area contributed by atoms with Crippen LogP contribution in [0.15, 0.2) is 18.2 Å². The van der Waals surface area contributed by atoms with E-state index in [-0.39, 0.29) is 12.5 Å². The van der Waals surface area contributed by atoms with Crippen LogP contribution in [0.25, 0.3) is 0 Å². The maximum Gasteiger partial charge on any atom is 0.319 e. The highest BCUT2D eigenvalue weighted by Crippen LogP contribution is 2.38. The molecule has 152 valence electrons. The standard InChI is InChI=1S/C18H21BrF5NO2/c1-27-17(26)16(18(23,24)10-19)13-3-2-12(8-14(13)20)11-4-6-25(7-5-11)9-15(21)22/h2-3,8,11,15-16H,4-7,9-10H2,1H3. The predicted molar refractivity (Wildman–Crippen MR) is 94.3 cm³/mol. The Hall–Kier alpha value is -1.22. The van der Waals surface area contributed by atoms with Gasteiger partial charge in [0.25, 0.3) is 12.3 Å². The molecule has 0 bridgehead atoms. The minimum Gasteiger partial charge on any atom is -0.468 e. The van der Waals surface area contributed by atoms with E-state index in [2.05, 4.69) is 20.7 Å². The van der Waals surface area contributed by atoms with E-state index in [1.165, 1.54) is 12.1 Å². The smallest absolute Gasteiger partial charge is 0.319 e. The molecule has 2 rings (SSSR count). The highest BCUT2D eigenvalue weighted by molar-refractivity contribution is 9.09. The largest absolute Gasteiger partial charge is 0.468 e. The molecular formula is C18H21BrF5NO2. The Kier molecular flexibility index (Phi) is 7.62. The summed E-state index contributed by atoms with van der Waals surface area (Å²) in [7, 11) is 0.971. The van der Waals surface area contributed by atoms with E-state index in [9.17, 15) is 26.7 Å². The zero-order valence-electron chi connectivity index (χ0n) is 14.7. The van der Waals surface area contributed by atoms with Gasteiger partial charge in [0.05, 0.1) is 19.0 Å². The molecule has 0 amide bonds. The summed E-state index contributed by atoms with van der Waals surface area (Å²) in [6.45, 7) is 0.637. The number of rotatable bonds is 7. The number of alkyl halides is 5. The number of carbonyl (C=O) groups is 1. The van der Waals surface area contributed by atoms with Crippen LogP contribution in [-0.4, -0.2) is 55.3 Å². The number of halogens is 6. The van der Waals surface area contributed by atoms with Crippen molar-refractivity contribution in [1.29, 1.82) is 0 Å². The summed E-state index contributed by atoms with van der Waals surface area (Å²) >= 11 is 2.65. The maximum absolute atomic E-state index is 14.6.